The fourth-order valence-corrected chi connectivity index (χ4v) is 3.91. The molecule has 5 nitrogen and oxygen atoms in total. The molecule has 130 valence electrons. The molecule has 1 aromatic rings. The van der Waals surface area contributed by atoms with Crippen molar-refractivity contribution in [2.45, 2.75) is 31.7 Å². The van der Waals surface area contributed by atoms with Crippen molar-refractivity contribution in [3.8, 4) is 0 Å². The van der Waals surface area contributed by atoms with Crippen LogP contribution in [0, 0.1) is 5.92 Å². The molecule has 0 radical (unpaired) electrons. The van der Waals surface area contributed by atoms with Gasteiger partial charge in [0.2, 0.25) is 0 Å². The van der Waals surface area contributed by atoms with E-state index in [0.717, 1.165) is 24.8 Å². The molecule has 2 aliphatic heterocycles. The summed E-state index contributed by atoms with van der Waals surface area (Å²) in [5, 5.41) is 0.716. The molecule has 2 amide bonds. The predicted molar refractivity (Wildman–Crippen MR) is 93.6 cm³/mol. The molecule has 0 bridgehead atoms. The number of carbonyl (C=O) groups is 2. The number of carbonyl (C=O) groups excluding carboxylic acids is 2. The van der Waals surface area contributed by atoms with Gasteiger partial charge >= 0.3 is 11.8 Å². The number of nitrogens with two attached hydrogens (primary N) is 1. The Balaban J connectivity index is 1.65. The van der Waals surface area contributed by atoms with Gasteiger partial charge in [-0.3, -0.25) is 9.59 Å². The fourth-order valence-electron chi connectivity index (χ4n) is 3.70. The zero-order chi connectivity index (χ0) is 17.1. The van der Waals surface area contributed by atoms with Gasteiger partial charge in [-0.2, -0.15) is 0 Å². The number of nitrogens with zero attached hydrogens (tertiary/aromatic N) is 2. The Kier molecular flexibility index (Phi) is 5.41. The first-order chi connectivity index (χ1) is 11.6. The van der Waals surface area contributed by atoms with Crippen molar-refractivity contribution >= 4 is 23.4 Å². The Bertz CT molecular complexity index is 622. The molecule has 6 heteroatoms. The van der Waals surface area contributed by atoms with Crippen molar-refractivity contribution in [1.29, 1.82) is 0 Å². The summed E-state index contributed by atoms with van der Waals surface area (Å²) in [6.07, 6.45) is 3.43. The van der Waals surface area contributed by atoms with Crippen LogP contribution in [-0.4, -0.2) is 53.8 Å². The number of hydrogen-bond donors (Lipinski definition) is 1. The molecule has 2 unspecified atom stereocenters. The number of rotatable bonds is 3. The van der Waals surface area contributed by atoms with Crippen molar-refractivity contribution in [2.24, 2.45) is 11.7 Å². The highest BCUT2D eigenvalue weighted by Gasteiger charge is 2.37. The van der Waals surface area contributed by atoms with Gasteiger partial charge in [-0.05, 0) is 49.8 Å². The zero-order valence-electron chi connectivity index (χ0n) is 13.8. The van der Waals surface area contributed by atoms with Gasteiger partial charge in [0.1, 0.15) is 0 Å². The summed E-state index contributed by atoms with van der Waals surface area (Å²) in [5.41, 5.74) is 6.70. The van der Waals surface area contributed by atoms with Gasteiger partial charge < -0.3 is 15.5 Å². The summed E-state index contributed by atoms with van der Waals surface area (Å²) < 4.78 is 0. The van der Waals surface area contributed by atoms with Gasteiger partial charge in [-0.15, -0.1) is 0 Å². The summed E-state index contributed by atoms with van der Waals surface area (Å²) >= 11 is 6.24. The summed E-state index contributed by atoms with van der Waals surface area (Å²) in [6.45, 7) is 2.45. The van der Waals surface area contributed by atoms with Crippen LogP contribution in [0.5, 0.6) is 0 Å². The smallest absolute Gasteiger partial charge is 0.312 e. The Morgan fingerprint density at radius 2 is 1.96 bits per heavy atom. The fraction of sp³-hybridized carbons (Fsp3) is 0.556. The van der Waals surface area contributed by atoms with Crippen LogP contribution < -0.4 is 5.73 Å². The van der Waals surface area contributed by atoms with Crippen molar-refractivity contribution < 1.29 is 9.59 Å². The lowest BCUT2D eigenvalue weighted by atomic mass is 10.0. The normalized spacial score (nSPS) is 23.8. The summed E-state index contributed by atoms with van der Waals surface area (Å²) in [5.74, 6) is -0.432. The number of likely N-dealkylation sites (tertiary alicyclic amines) is 2. The molecule has 0 aliphatic carbocycles. The Morgan fingerprint density at radius 1 is 1.17 bits per heavy atom. The first-order valence-electron chi connectivity index (χ1n) is 8.63. The van der Waals surface area contributed by atoms with Gasteiger partial charge in [0.25, 0.3) is 0 Å². The lowest BCUT2D eigenvalue weighted by Gasteiger charge is -2.26. The largest absolute Gasteiger partial charge is 0.334 e. The Morgan fingerprint density at radius 3 is 2.67 bits per heavy atom. The first kappa shape index (κ1) is 17.2. The van der Waals surface area contributed by atoms with Crippen molar-refractivity contribution in [2.75, 3.05) is 26.2 Å². The summed E-state index contributed by atoms with van der Waals surface area (Å²) in [6, 6.07) is 7.74. The average molecular weight is 350 g/mol. The number of benzene rings is 1. The second-order valence-corrected chi connectivity index (χ2v) is 7.14. The van der Waals surface area contributed by atoms with Crippen LogP contribution in [0.3, 0.4) is 0 Å². The van der Waals surface area contributed by atoms with E-state index in [-0.39, 0.29) is 17.9 Å². The lowest BCUT2D eigenvalue weighted by Crippen LogP contribution is -2.47. The highest BCUT2D eigenvalue weighted by molar-refractivity contribution is 6.35. The van der Waals surface area contributed by atoms with Crippen LogP contribution in [0.25, 0.3) is 0 Å². The maximum atomic E-state index is 12.7. The molecule has 3 rings (SSSR count). The van der Waals surface area contributed by atoms with Crippen LogP contribution in [0.2, 0.25) is 5.02 Å². The highest BCUT2D eigenvalue weighted by atomic mass is 35.5. The van der Waals surface area contributed by atoms with E-state index in [9.17, 15) is 9.59 Å². The van der Waals surface area contributed by atoms with Crippen molar-refractivity contribution in [3.63, 3.8) is 0 Å². The highest BCUT2D eigenvalue weighted by Crippen LogP contribution is 2.26. The summed E-state index contributed by atoms with van der Waals surface area (Å²) in [7, 11) is 0. The second kappa shape index (κ2) is 7.53. The van der Waals surface area contributed by atoms with Gasteiger partial charge in [0, 0.05) is 30.7 Å². The minimum Gasteiger partial charge on any atom is -0.334 e. The molecule has 0 saturated carbocycles. The van der Waals surface area contributed by atoms with Gasteiger partial charge in [0.15, 0.2) is 0 Å². The number of amides is 2. The van der Waals surface area contributed by atoms with E-state index in [1.54, 1.807) is 9.80 Å². The Hall–Kier alpha value is -1.59. The molecule has 2 aliphatic rings. The van der Waals surface area contributed by atoms with E-state index in [2.05, 4.69) is 0 Å². The van der Waals surface area contributed by atoms with E-state index >= 15 is 0 Å². The SMILES string of the molecule is NCC1CCN(C(=O)C(=O)N2CCCC2Cc2ccccc2Cl)C1. The molecule has 2 fully saturated rings. The van der Waals surface area contributed by atoms with Crippen LogP contribution in [0.4, 0.5) is 0 Å². The topological polar surface area (TPSA) is 66.6 Å². The quantitative estimate of drug-likeness (QED) is 0.844. The van der Waals surface area contributed by atoms with Gasteiger partial charge in [-0.1, -0.05) is 29.8 Å². The summed E-state index contributed by atoms with van der Waals surface area (Å²) in [4.78, 5) is 28.6. The predicted octanol–water partition coefficient (Wildman–Crippen LogP) is 1.68. The minimum absolute atomic E-state index is 0.0502. The number of hydrogen-bond acceptors (Lipinski definition) is 3. The second-order valence-electron chi connectivity index (χ2n) is 6.73. The van der Waals surface area contributed by atoms with Crippen LogP contribution in [-0.2, 0) is 16.0 Å². The van der Waals surface area contributed by atoms with E-state index in [4.69, 9.17) is 17.3 Å². The van der Waals surface area contributed by atoms with Gasteiger partial charge in [-0.25, -0.2) is 0 Å². The maximum Gasteiger partial charge on any atom is 0.312 e. The molecule has 2 heterocycles. The minimum atomic E-state index is -0.378. The number of halogens is 1. The van der Waals surface area contributed by atoms with E-state index in [1.807, 2.05) is 24.3 Å². The molecule has 2 saturated heterocycles. The van der Waals surface area contributed by atoms with E-state index < -0.39 is 0 Å². The maximum absolute atomic E-state index is 12.7. The molecule has 1 aromatic carbocycles. The van der Waals surface area contributed by atoms with E-state index in [0.29, 0.717) is 43.5 Å². The van der Waals surface area contributed by atoms with E-state index in [1.165, 1.54) is 0 Å². The van der Waals surface area contributed by atoms with Crippen molar-refractivity contribution in [1.82, 2.24) is 9.80 Å². The van der Waals surface area contributed by atoms with Crippen LogP contribution >= 0.6 is 11.6 Å². The van der Waals surface area contributed by atoms with Gasteiger partial charge in [0.05, 0.1) is 0 Å². The van der Waals surface area contributed by atoms with Crippen LogP contribution in [0.15, 0.2) is 24.3 Å². The molecule has 0 aromatic heterocycles. The standard InChI is InChI=1S/C18H24ClN3O2/c19-16-6-2-1-4-14(16)10-15-5-3-8-22(15)18(24)17(23)21-9-7-13(11-20)12-21/h1-2,4,6,13,15H,3,5,7-12,20H2. The molecular formula is C18H24ClN3O2. The third-order valence-corrected chi connectivity index (χ3v) is 5.51. The van der Waals surface area contributed by atoms with Crippen LogP contribution in [0.1, 0.15) is 24.8 Å². The average Bonchev–Trinajstić information content (AvgIpc) is 3.24. The first-order valence-corrected chi connectivity index (χ1v) is 9.01. The third-order valence-electron chi connectivity index (χ3n) is 5.14. The Labute approximate surface area is 147 Å². The molecule has 24 heavy (non-hydrogen) atoms. The molecule has 2 atom stereocenters. The monoisotopic (exact) mass is 349 g/mol. The lowest BCUT2D eigenvalue weighted by molar-refractivity contribution is -0.151. The third kappa shape index (κ3) is 3.57. The molecule has 0 spiro atoms. The molecule has 2 N–H and O–H groups in total. The zero-order valence-corrected chi connectivity index (χ0v) is 14.5. The van der Waals surface area contributed by atoms with Crippen molar-refractivity contribution in [3.05, 3.63) is 34.9 Å². The molecular weight excluding hydrogens is 326 g/mol.